The molecule has 0 aromatic heterocycles. The van der Waals surface area contributed by atoms with E-state index in [4.69, 9.17) is 4.74 Å². The first-order chi connectivity index (χ1) is 13.5. The van der Waals surface area contributed by atoms with Gasteiger partial charge in [-0.15, -0.1) is 0 Å². The predicted octanol–water partition coefficient (Wildman–Crippen LogP) is 3.32. The number of carbonyl (C=O) groups excluding carboxylic acids is 2. The smallest absolute Gasteiger partial charge is 0.243 e. The summed E-state index contributed by atoms with van der Waals surface area (Å²) in [6.45, 7) is 4.22. The monoisotopic (exact) mass is 381 g/mol. The van der Waals surface area contributed by atoms with Crippen LogP contribution in [0.1, 0.15) is 12.0 Å². The van der Waals surface area contributed by atoms with E-state index in [2.05, 4.69) is 17.2 Å². The molecule has 2 amide bonds. The van der Waals surface area contributed by atoms with Gasteiger partial charge in [0.2, 0.25) is 11.8 Å². The van der Waals surface area contributed by atoms with Crippen LogP contribution in [0.2, 0.25) is 0 Å². The van der Waals surface area contributed by atoms with Crippen molar-refractivity contribution in [2.75, 3.05) is 37.9 Å². The van der Waals surface area contributed by atoms with Crippen LogP contribution in [0.4, 0.5) is 11.4 Å². The Labute approximate surface area is 166 Å². The SMILES string of the molecule is C=CCOc1ccc(NCC(=O)Nc2ccc(CCC(=O)N(C)C)cc2)cc1. The average molecular weight is 381 g/mol. The quantitative estimate of drug-likeness (QED) is 0.620. The van der Waals surface area contributed by atoms with E-state index in [1.165, 1.54) is 0 Å². The molecule has 0 heterocycles. The van der Waals surface area contributed by atoms with Crippen molar-refractivity contribution in [2.24, 2.45) is 0 Å². The van der Waals surface area contributed by atoms with Gasteiger partial charge in [-0.25, -0.2) is 0 Å². The first kappa shape index (κ1) is 21.0. The Bertz CT molecular complexity index is 784. The Kier molecular flexibility index (Phi) is 8.09. The van der Waals surface area contributed by atoms with E-state index < -0.39 is 0 Å². The maximum atomic E-state index is 12.1. The summed E-state index contributed by atoms with van der Waals surface area (Å²) in [5, 5.41) is 5.92. The van der Waals surface area contributed by atoms with Crippen molar-refractivity contribution < 1.29 is 14.3 Å². The van der Waals surface area contributed by atoms with Crippen LogP contribution < -0.4 is 15.4 Å². The summed E-state index contributed by atoms with van der Waals surface area (Å²) in [6.07, 6.45) is 2.84. The van der Waals surface area contributed by atoms with Gasteiger partial charge in [-0.2, -0.15) is 0 Å². The fourth-order valence-corrected chi connectivity index (χ4v) is 2.44. The molecule has 0 unspecified atom stereocenters. The van der Waals surface area contributed by atoms with Crippen molar-refractivity contribution in [1.82, 2.24) is 4.90 Å². The molecule has 148 valence electrons. The van der Waals surface area contributed by atoms with Crippen LogP contribution in [0.15, 0.2) is 61.2 Å². The Morgan fingerprint density at radius 2 is 1.68 bits per heavy atom. The highest BCUT2D eigenvalue weighted by Crippen LogP contribution is 2.16. The van der Waals surface area contributed by atoms with Crippen molar-refractivity contribution in [3.8, 4) is 5.75 Å². The molecule has 0 radical (unpaired) electrons. The summed E-state index contributed by atoms with van der Waals surface area (Å²) >= 11 is 0. The first-order valence-electron chi connectivity index (χ1n) is 9.14. The highest BCUT2D eigenvalue weighted by molar-refractivity contribution is 5.93. The molecule has 6 nitrogen and oxygen atoms in total. The third kappa shape index (κ3) is 7.15. The maximum absolute atomic E-state index is 12.1. The third-order valence-corrected chi connectivity index (χ3v) is 4.04. The zero-order valence-electron chi connectivity index (χ0n) is 16.4. The van der Waals surface area contributed by atoms with Crippen LogP contribution in [-0.2, 0) is 16.0 Å². The Hall–Kier alpha value is -3.28. The molecular weight excluding hydrogens is 354 g/mol. The molecule has 0 aliphatic heterocycles. The van der Waals surface area contributed by atoms with Gasteiger partial charge in [0, 0.05) is 31.9 Å². The number of rotatable bonds is 10. The van der Waals surface area contributed by atoms with E-state index in [0.717, 1.165) is 22.7 Å². The van der Waals surface area contributed by atoms with Crippen LogP contribution >= 0.6 is 0 Å². The van der Waals surface area contributed by atoms with Crippen molar-refractivity contribution >= 4 is 23.2 Å². The van der Waals surface area contributed by atoms with Gasteiger partial charge < -0.3 is 20.3 Å². The van der Waals surface area contributed by atoms with E-state index in [1.807, 2.05) is 48.5 Å². The minimum absolute atomic E-state index is 0.101. The van der Waals surface area contributed by atoms with Crippen molar-refractivity contribution in [1.29, 1.82) is 0 Å². The van der Waals surface area contributed by atoms with Crippen LogP contribution in [0.25, 0.3) is 0 Å². The zero-order valence-corrected chi connectivity index (χ0v) is 16.4. The summed E-state index contributed by atoms with van der Waals surface area (Å²) in [5.41, 5.74) is 2.62. The van der Waals surface area contributed by atoms with Crippen LogP contribution in [0.3, 0.4) is 0 Å². The maximum Gasteiger partial charge on any atom is 0.243 e. The number of nitrogens with zero attached hydrogens (tertiary/aromatic N) is 1. The number of nitrogens with one attached hydrogen (secondary N) is 2. The minimum Gasteiger partial charge on any atom is -0.490 e. The number of aryl methyl sites for hydroxylation is 1. The Balaban J connectivity index is 1.76. The van der Waals surface area contributed by atoms with E-state index in [9.17, 15) is 9.59 Å². The number of ether oxygens (including phenoxy) is 1. The second kappa shape index (κ2) is 10.8. The van der Waals surface area contributed by atoms with Gasteiger partial charge in [-0.1, -0.05) is 24.8 Å². The number of amides is 2. The molecule has 0 atom stereocenters. The van der Waals surface area contributed by atoms with Crippen molar-refractivity contribution in [3.63, 3.8) is 0 Å². The number of anilines is 2. The molecule has 0 saturated carbocycles. The van der Waals surface area contributed by atoms with E-state index in [1.54, 1.807) is 25.1 Å². The topological polar surface area (TPSA) is 70.7 Å². The standard InChI is InChI=1S/C22H27N3O3/c1-4-15-28-20-12-10-18(11-13-20)23-16-21(26)24-19-8-5-17(6-9-19)7-14-22(27)25(2)3/h4-6,8-13,23H,1,7,14-16H2,2-3H3,(H,24,26). The lowest BCUT2D eigenvalue weighted by Gasteiger charge is -2.11. The lowest BCUT2D eigenvalue weighted by atomic mass is 10.1. The van der Waals surface area contributed by atoms with Gasteiger partial charge in [-0.3, -0.25) is 9.59 Å². The van der Waals surface area contributed by atoms with Crippen LogP contribution in [-0.4, -0.2) is 44.0 Å². The molecule has 6 heteroatoms. The lowest BCUT2D eigenvalue weighted by molar-refractivity contribution is -0.128. The highest BCUT2D eigenvalue weighted by atomic mass is 16.5. The number of hydrogen-bond donors (Lipinski definition) is 2. The molecule has 0 fully saturated rings. The van der Waals surface area contributed by atoms with Gasteiger partial charge >= 0.3 is 0 Å². The molecule has 28 heavy (non-hydrogen) atoms. The molecule has 2 aromatic rings. The number of benzene rings is 2. The summed E-state index contributed by atoms with van der Waals surface area (Å²) in [4.78, 5) is 25.3. The average Bonchev–Trinajstić information content (AvgIpc) is 2.70. The van der Waals surface area contributed by atoms with Gasteiger partial charge in [-0.05, 0) is 48.4 Å². The molecule has 2 rings (SSSR count). The van der Waals surface area contributed by atoms with Gasteiger partial charge in [0.05, 0.1) is 6.54 Å². The highest BCUT2D eigenvalue weighted by Gasteiger charge is 2.06. The summed E-state index contributed by atoms with van der Waals surface area (Å²) in [6, 6.07) is 14.9. The number of carbonyl (C=O) groups is 2. The van der Waals surface area contributed by atoms with E-state index >= 15 is 0 Å². The summed E-state index contributed by atoms with van der Waals surface area (Å²) in [7, 11) is 3.50. The fourth-order valence-electron chi connectivity index (χ4n) is 2.44. The largest absolute Gasteiger partial charge is 0.490 e. The second-order valence-corrected chi connectivity index (χ2v) is 6.51. The predicted molar refractivity (Wildman–Crippen MR) is 113 cm³/mol. The first-order valence-corrected chi connectivity index (χ1v) is 9.14. The van der Waals surface area contributed by atoms with Crippen molar-refractivity contribution in [2.45, 2.75) is 12.8 Å². The lowest BCUT2D eigenvalue weighted by Crippen LogP contribution is -2.22. The summed E-state index contributed by atoms with van der Waals surface area (Å²) < 4.78 is 5.42. The molecule has 0 aliphatic carbocycles. The molecule has 2 N–H and O–H groups in total. The van der Waals surface area contributed by atoms with Gasteiger partial charge in [0.1, 0.15) is 12.4 Å². The van der Waals surface area contributed by atoms with Crippen LogP contribution in [0.5, 0.6) is 5.75 Å². The molecule has 0 spiro atoms. The normalized spacial score (nSPS) is 10.1. The Morgan fingerprint density at radius 3 is 2.29 bits per heavy atom. The van der Waals surface area contributed by atoms with E-state index in [-0.39, 0.29) is 18.4 Å². The minimum atomic E-state index is -0.137. The molecule has 0 saturated heterocycles. The fraction of sp³-hybridized carbons (Fsp3) is 0.273. The molecular formula is C22H27N3O3. The third-order valence-electron chi connectivity index (χ3n) is 4.04. The van der Waals surface area contributed by atoms with Gasteiger partial charge in [0.25, 0.3) is 0 Å². The van der Waals surface area contributed by atoms with Crippen LogP contribution in [0, 0.1) is 0 Å². The molecule has 0 aliphatic rings. The second-order valence-electron chi connectivity index (χ2n) is 6.51. The van der Waals surface area contributed by atoms with Gasteiger partial charge in [0.15, 0.2) is 0 Å². The Morgan fingerprint density at radius 1 is 1.04 bits per heavy atom. The summed E-state index contributed by atoms with van der Waals surface area (Å²) in [5.74, 6) is 0.716. The molecule has 2 aromatic carbocycles. The molecule has 0 bridgehead atoms. The van der Waals surface area contributed by atoms with E-state index in [0.29, 0.717) is 19.4 Å². The van der Waals surface area contributed by atoms with Crippen molar-refractivity contribution in [3.05, 3.63) is 66.7 Å². The zero-order chi connectivity index (χ0) is 20.4. The number of hydrogen-bond acceptors (Lipinski definition) is 4.